The fourth-order valence-corrected chi connectivity index (χ4v) is 8.55. The van der Waals surface area contributed by atoms with Crippen LogP contribution in [0.15, 0.2) is 0 Å². The first-order valence-electron chi connectivity index (χ1n) is 11.1. The summed E-state index contributed by atoms with van der Waals surface area (Å²) in [6, 6.07) is 0. The molecule has 26 heavy (non-hydrogen) atoms. The van der Waals surface area contributed by atoms with Crippen LogP contribution in [0.4, 0.5) is 0 Å². The summed E-state index contributed by atoms with van der Waals surface area (Å²) in [4.78, 5) is 0. The van der Waals surface area contributed by atoms with Crippen LogP contribution in [0.25, 0.3) is 0 Å². The van der Waals surface area contributed by atoms with Gasteiger partial charge in [0.15, 0.2) is 0 Å². The Hall–Kier alpha value is -0.120. The third kappa shape index (κ3) is 2.49. The van der Waals surface area contributed by atoms with Crippen LogP contribution in [0.5, 0.6) is 0 Å². The Bertz CT molecular complexity index is 518. The molecule has 0 aromatic carbocycles. The minimum Gasteiger partial charge on any atom is -0.393 e. The molecule has 4 rings (SSSR count). The summed E-state index contributed by atoms with van der Waals surface area (Å²) < 4.78 is 11.6. The molecular formula is C23H40O3. The zero-order chi connectivity index (χ0) is 18.6. The van der Waals surface area contributed by atoms with Crippen LogP contribution in [0.1, 0.15) is 78.1 Å². The van der Waals surface area contributed by atoms with Crippen molar-refractivity contribution in [3.05, 3.63) is 0 Å². The van der Waals surface area contributed by atoms with Crippen molar-refractivity contribution >= 4 is 0 Å². The molecule has 0 spiro atoms. The predicted octanol–water partition coefficient (Wildman–Crippen LogP) is 4.81. The van der Waals surface area contributed by atoms with E-state index in [0.717, 1.165) is 31.3 Å². The third-order valence-corrected chi connectivity index (χ3v) is 10.2. The van der Waals surface area contributed by atoms with E-state index < -0.39 is 0 Å². The number of hydrogen-bond acceptors (Lipinski definition) is 3. The molecule has 4 aliphatic carbocycles. The van der Waals surface area contributed by atoms with E-state index in [-0.39, 0.29) is 6.10 Å². The van der Waals surface area contributed by atoms with Gasteiger partial charge in [0.1, 0.15) is 0 Å². The maximum absolute atomic E-state index is 10.3. The highest BCUT2D eigenvalue weighted by Gasteiger charge is 2.66. The molecule has 4 saturated carbocycles. The first-order valence-corrected chi connectivity index (χ1v) is 11.1. The summed E-state index contributed by atoms with van der Waals surface area (Å²) in [5.74, 6) is 2.34. The predicted molar refractivity (Wildman–Crippen MR) is 104 cm³/mol. The largest absolute Gasteiger partial charge is 0.393 e. The van der Waals surface area contributed by atoms with E-state index >= 15 is 0 Å². The second-order valence-corrected chi connectivity index (χ2v) is 10.5. The van der Waals surface area contributed by atoms with Gasteiger partial charge in [-0.2, -0.15) is 0 Å². The van der Waals surface area contributed by atoms with Gasteiger partial charge in [-0.1, -0.05) is 13.8 Å². The maximum atomic E-state index is 10.3. The Kier molecular flexibility index (Phi) is 4.98. The molecule has 0 radical (unpaired) electrons. The average Bonchev–Trinajstić information content (AvgIpc) is 2.91. The highest BCUT2D eigenvalue weighted by Crippen LogP contribution is 2.72. The summed E-state index contributed by atoms with van der Waals surface area (Å²) in [5.41, 5.74) is 1.16. The van der Waals surface area contributed by atoms with Gasteiger partial charge in [0, 0.05) is 20.8 Å². The van der Waals surface area contributed by atoms with Crippen molar-refractivity contribution < 1.29 is 14.6 Å². The molecule has 4 aliphatic rings. The molecule has 0 aromatic heterocycles. The van der Waals surface area contributed by atoms with Gasteiger partial charge in [-0.25, -0.2) is 0 Å². The lowest BCUT2D eigenvalue weighted by molar-refractivity contribution is -0.184. The third-order valence-electron chi connectivity index (χ3n) is 10.2. The van der Waals surface area contributed by atoms with Crippen LogP contribution in [-0.4, -0.2) is 38.1 Å². The minimum atomic E-state index is -0.0685. The molecule has 3 heteroatoms. The SMILES string of the molecule is COCC[C@]12CC[C@@H](O)C[C@@H]1CC[C@@H]1[C@@H]2CC[C@]2(C)[C@@H](OC)CC[C@@]12C. The highest BCUT2D eigenvalue weighted by molar-refractivity contribution is 5.15. The van der Waals surface area contributed by atoms with E-state index in [2.05, 4.69) is 13.8 Å². The Balaban J connectivity index is 1.68. The van der Waals surface area contributed by atoms with E-state index in [9.17, 15) is 5.11 Å². The zero-order valence-electron chi connectivity index (χ0n) is 17.4. The molecule has 0 aliphatic heterocycles. The Morgan fingerprint density at radius 3 is 2.38 bits per heavy atom. The monoisotopic (exact) mass is 364 g/mol. The fraction of sp³-hybridized carbons (Fsp3) is 1.00. The van der Waals surface area contributed by atoms with Crippen molar-refractivity contribution in [1.29, 1.82) is 0 Å². The lowest BCUT2D eigenvalue weighted by Crippen LogP contribution is -2.59. The summed E-state index contributed by atoms with van der Waals surface area (Å²) in [6.07, 6.45) is 12.7. The average molecular weight is 365 g/mol. The quantitative estimate of drug-likeness (QED) is 0.778. The van der Waals surface area contributed by atoms with E-state index in [4.69, 9.17) is 9.47 Å². The zero-order valence-corrected chi connectivity index (χ0v) is 17.4. The van der Waals surface area contributed by atoms with Gasteiger partial charge >= 0.3 is 0 Å². The van der Waals surface area contributed by atoms with Crippen molar-refractivity contribution in [2.45, 2.75) is 90.3 Å². The number of fused-ring (bicyclic) bond motifs is 5. The molecule has 4 fully saturated rings. The molecule has 150 valence electrons. The molecule has 0 unspecified atom stereocenters. The van der Waals surface area contributed by atoms with Crippen LogP contribution >= 0.6 is 0 Å². The first kappa shape index (κ1) is 19.2. The second kappa shape index (κ2) is 6.74. The molecule has 3 nitrogen and oxygen atoms in total. The van der Waals surface area contributed by atoms with Gasteiger partial charge in [0.05, 0.1) is 12.2 Å². The van der Waals surface area contributed by atoms with Gasteiger partial charge in [0.2, 0.25) is 0 Å². The number of methoxy groups -OCH3 is 2. The molecule has 0 amide bonds. The van der Waals surface area contributed by atoms with Crippen molar-refractivity contribution in [2.24, 2.45) is 34.0 Å². The van der Waals surface area contributed by atoms with Gasteiger partial charge < -0.3 is 14.6 Å². The first-order chi connectivity index (χ1) is 12.4. The molecular weight excluding hydrogens is 324 g/mol. The van der Waals surface area contributed by atoms with Crippen LogP contribution in [0, 0.1) is 34.0 Å². The van der Waals surface area contributed by atoms with Crippen molar-refractivity contribution in [1.82, 2.24) is 0 Å². The van der Waals surface area contributed by atoms with Crippen LogP contribution in [0.3, 0.4) is 0 Å². The van der Waals surface area contributed by atoms with Gasteiger partial charge in [-0.3, -0.25) is 0 Å². The number of aliphatic hydroxyl groups is 1. The summed E-state index contributed by atoms with van der Waals surface area (Å²) in [7, 11) is 3.77. The van der Waals surface area contributed by atoms with Gasteiger partial charge in [-0.15, -0.1) is 0 Å². The molecule has 0 heterocycles. The lowest BCUT2D eigenvalue weighted by atomic mass is 9.40. The van der Waals surface area contributed by atoms with E-state index in [1.54, 1.807) is 0 Å². The Morgan fingerprint density at radius 1 is 0.885 bits per heavy atom. The van der Waals surface area contributed by atoms with Crippen LogP contribution in [-0.2, 0) is 9.47 Å². The van der Waals surface area contributed by atoms with Crippen molar-refractivity contribution in [2.75, 3.05) is 20.8 Å². The summed E-state index contributed by atoms with van der Waals surface area (Å²) in [6.45, 7) is 6.01. The number of aliphatic hydroxyl groups excluding tert-OH is 1. The van der Waals surface area contributed by atoms with Gasteiger partial charge in [0.25, 0.3) is 0 Å². The fourth-order valence-electron chi connectivity index (χ4n) is 8.55. The van der Waals surface area contributed by atoms with Gasteiger partial charge in [-0.05, 0) is 98.2 Å². The molecule has 1 N–H and O–H groups in total. The topological polar surface area (TPSA) is 38.7 Å². The summed E-state index contributed by atoms with van der Waals surface area (Å²) in [5, 5.41) is 10.3. The Morgan fingerprint density at radius 2 is 1.65 bits per heavy atom. The summed E-state index contributed by atoms with van der Waals surface area (Å²) >= 11 is 0. The normalized spacial score (nSPS) is 53.7. The second-order valence-electron chi connectivity index (χ2n) is 10.5. The molecule has 0 saturated heterocycles. The van der Waals surface area contributed by atoms with Crippen molar-refractivity contribution in [3.8, 4) is 0 Å². The molecule has 8 atom stereocenters. The van der Waals surface area contributed by atoms with E-state index in [1.807, 2.05) is 14.2 Å². The van der Waals surface area contributed by atoms with Crippen LogP contribution < -0.4 is 0 Å². The maximum Gasteiger partial charge on any atom is 0.0630 e. The van der Waals surface area contributed by atoms with Crippen molar-refractivity contribution in [3.63, 3.8) is 0 Å². The number of ether oxygens (including phenoxy) is 2. The Labute approximate surface area is 160 Å². The standard InChI is InChI=1S/C23H40O3/c1-21-11-9-20(26-4)22(21,2)10-8-19-18(21)6-5-16-15-17(24)7-12-23(16,19)13-14-25-3/h16-20,24H,5-15H2,1-4H3/t16-,17+,18+,19-,20-,21-,22+,23+/m0/s1. The number of hydrogen-bond donors (Lipinski definition) is 1. The minimum absolute atomic E-state index is 0.0685. The van der Waals surface area contributed by atoms with E-state index in [1.165, 1.54) is 51.4 Å². The number of rotatable bonds is 4. The molecule has 0 aromatic rings. The lowest BCUT2D eigenvalue weighted by Gasteiger charge is -2.65. The van der Waals surface area contributed by atoms with Crippen LogP contribution in [0.2, 0.25) is 0 Å². The van der Waals surface area contributed by atoms with E-state index in [0.29, 0.717) is 28.3 Å². The molecule has 0 bridgehead atoms. The smallest absolute Gasteiger partial charge is 0.0630 e. The highest BCUT2D eigenvalue weighted by atomic mass is 16.5.